The Morgan fingerprint density at radius 2 is 1.81 bits per heavy atom. The fraction of sp³-hybridized carbons (Fsp3) is 0.0833. The molecule has 0 aliphatic heterocycles. The van der Waals surface area contributed by atoms with Crippen LogP contribution in [0.1, 0.15) is 16.1 Å². The second kappa shape index (κ2) is 4.26. The summed E-state index contributed by atoms with van der Waals surface area (Å²) in [6.45, 7) is 0. The molecule has 0 radical (unpaired) electrons. The maximum absolute atomic E-state index is 13.2. The summed E-state index contributed by atoms with van der Waals surface area (Å²) in [6, 6.07) is 6.50. The van der Waals surface area contributed by atoms with Crippen LogP contribution in [0.15, 0.2) is 41.0 Å². The number of benzene rings is 1. The number of halogens is 2. The number of rotatable bonds is 3. The Bertz CT molecular complexity index is 483. The second-order valence-corrected chi connectivity index (χ2v) is 3.28. The van der Waals surface area contributed by atoms with E-state index in [-0.39, 0.29) is 17.7 Å². The van der Waals surface area contributed by atoms with Crippen molar-refractivity contribution in [2.45, 2.75) is 6.42 Å². The van der Waals surface area contributed by atoms with Gasteiger partial charge in [-0.1, -0.05) is 6.07 Å². The van der Waals surface area contributed by atoms with Crippen molar-refractivity contribution in [3.8, 4) is 0 Å². The lowest BCUT2D eigenvalue weighted by Gasteiger charge is -2.02. The molecule has 0 atom stereocenters. The average molecular weight is 222 g/mol. The van der Waals surface area contributed by atoms with E-state index in [2.05, 4.69) is 0 Å². The molecule has 0 N–H and O–H groups in total. The number of hydrogen-bond donors (Lipinski definition) is 0. The quantitative estimate of drug-likeness (QED) is 0.747. The van der Waals surface area contributed by atoms with Crippen LogP contribution >= 0.6 is 0 Å². The van der Waals surface area contributed by atoms with Crippen LogP contribution in [-0.4, -0.2) is 5.78 Å². The van der Waals surface area contributed by atoms with Gasteiger partial charge in [0, 0.05) is 12.0 Å². The monoisotopic (exact) mass is 222 g/mol. The lowest BCUT2D eigenvalue weighted by atomic mass is 10.1. The molecule has 2 nitrogen and oxygen atoms in total. The van der Waals surface area contributed by atoms with Crippen LogP contribution in [0, 0.1) is 11.6 Å². The zero-order valence-corrected chi connectivity index (χ0v) is 8.24. The highest BCUT2D eigenvalue weighted by Gasteiger charge is 2.15. The zero-order valence-electron chi connectivity index (χ0n) is 8.24. The Hall–Kier alpha value is -1.97. The van der Waals surface area contributed by atoms with Crippen molar-refractivity contribution in [1.29, 1.82) is 0 Å². The SMILES string of the molecule is O=C(Cc1c(F)cccc1F)c1ccco1. The molecular weight excluding hydrogens is 214 g/mol. The van der Waals surface area contributed by atoms with Crippen molar-refractivity contribution in [2.75, 3.05) is 0 Å². The number of carbonyl (C=O) groups excluding carboxylic acids is 1. The summed E-state index contributed by atoms with van der Waals surface area (Å²) in [5, 5.41) is 0. The fourth-order valence-corrected chi connectivity index (χ4v) is 1.39. The van der Waals surface area contributed by atoms with Crippen LogP contribution < -0.4 is 0 Å². The predicted molar refractivity (Wildman–Crippen MR) is 53.1 cm³/mol. The molecule has 1 heterocycles. The minimum Gasteiger partial charge on any atom is -0.461 e. The molecule has 2 rings (SSSR count). The minimum atomic E-state index is -0.722. The van der Waals surface area contributed by atoms with E-state index < -0.39 is 17.4 Å². The lowest BCUT2D eigenvalue weighted by Crippen LogP contribution is -2.06. The van der Waals surface area contributed by atoms with E-state index in [0.29, 0.717) is 0 Å². The molecule has 0 saturated carbocycles. The van der Waals surface area contributed by atoms with Gasteiger partial charge in [0.25, 0.3) is 0 Å². The summed E-state index contributed by atoms with van der Waals surface area (Å²) in [5.41, 5.74) is -0.232. The third-order valence-electron chi connectivity index (χ3n) is 2.20. The second-order valence-electron chi connectivity index (χ2n) is 3.28. The van der Waals surface area contributed by atoms with Gasteiger partial charge in [-0.3, -0.25) is 4.79 Å². The van der Waals surface area contributed by atoms with Crippen LogP contribution in [0.3, 0.4) is 0 Å². The van der Waals surface area contributed by atoms with Crippen molar-refractivity contribution in [1.82, 2.24) is 0 Å². The van der Waals surface area contributed by atoms with Crippen LogP contribution in [0.25, 0.3) is 0 Å². The van der Waals surface area contributed by atoms with E-state index in [9.17, 15) is 13.6 Å². The molecule has 0 aliphatic rings. The Balaban J connectivity index is 2.25. The van der Waals surface area contributed by atoms with Gasteiger partial charge in [0.1, 0.15) is 11.6 Å². The largest absolute Gasteiger partial charge is 0.461 e. The Morgan fingerprint density at radius 1 is 1.12 bits per heavy atom. The van der Waals surface area contributed by atoms with E-state index in [4.69, 9.17) is 4.42 Å². The summed E-state index contributed by atoms with van der Waals surface area (Å²) in [4.78, 5) is 11.6. The van der Waals surface area contributed by atoms with Crippen LogP contribution in [-0.2, 0) is 6.42 Å². The Labute approximate surface area is 90.5 Å². The van der Waals surface area contributed by atoms with Crippen molar-refractivity contribution < 1.29 is 18.0 Å². The Kier molecular flexibility index (Phi) is 2.81. The molecule has 16 heavy (non-hydrogen) atoms. The van der Waals surface area contributed by atoms with Crippen LogP contribution in [0.5, 0.6) is 0 Å². The molecule has 0 saturated heterocycles. The fourth-order valence-electron chi connectivity index (χ4n) is 1.39. The molecule has 1 aromatic heterocycles. The van der Waals surface area contributed by atoms with E-state index in [0.717, 1.165) is 12.1 Å². The molecule has 0 spiro atoms. The number of carbonyl (C=O) groups is 1. The van der Waals surface area contributed by atoms with Gasteiger partial charge < -0.3 is 4.42 Å². The molecule has 0 aliphatic carbocycles. The standard InChI is InChI=1S/C12H8F2O2/c13-9-3-1-4-10(14)8(9)7-11(15)12-5-2-6-16-12/h1-6H,7H2. The summed E-state index contributed by atoms with van der Waals surface area (Å²) in [6.07, 6.45) is 0.997. The average Bonchev–Trinajstić information content (AvgIpc) is 2.76. The van der Waals surface area contributed by atoms with Gasteiger partial charge in [0.2, 0.25) is 5.78 Å². The van der Waals surface area contributed by atoms with Crippen LogP contribution in [0.4, 0.5) is 8.78 Å². The molecule has 1 aromatic carbocycles. The van der Waals surface area contributed by atoms with Crippen molar-refractivity contribution in [3.63, 3.8) is 0 Å². The van der Waals surface area contributed by atoms with E-state index in [1.165, 1.54) is 18.4 Å². The molecule has 0 fully saturated rings. The van der Waals surface area contributed by atoms with E-state index in [1.807, 2.05) is 0 Å². The van der Waals surface area contributed by atoms with Gasteiger partial charge in [0.15, 0.2) is 5.76 Å². The van der Waals surface area contributed by atoms with Crippen molar-refractivity contribution in [3.05, 3.63) is 59.6 Å². The lowest BCUT2D eigenvalue weighted by molar-refractivity contribution is 0.0964. The van der Waals surface area contributed by atoms with Gasteiger partial charge in [-0.15, -0.1) is 0 Å². The first-order valence-electron chi connectivity index (χ1n) is 4.68. The van der Waals surface area contributed by atoms with Crippen molar-refractivity contribution in [2.24, 2.45) is 0 Å². The predicted octanol–water partition coefficient (Wildman–Crippen LogP) is 2.98. The summed E-state index contributed by atoms with van der Waals surface area (Å²) in [5.74, 6) is -1.79. The normalized spacial score (nSPS) is 10.4. The summed E-state index contributed by atoms with van der Waals surface area (Å²) >= 11 is 0. The Morgan fingerprint density at radius 3 is 2.38 bits per heavy atom. The minimum absolute atomic E-state index is 0.0997. The molecule has 2 aromatic rings. The first-order chi connectivity index (χ1) is 7.68. The highest BCUT2D eigenvalue weighted by molar-refractivity contribution is 5.94. The molecule has 0 unspecified atom stereocenters. The topological polar surface area (TPSA) is 30.2 Å². The summed E-state index contributed by atoms with van der Waals surface area (Å²) in [7, 11) is 0. The van der Waals surface area contributed by atoms with E-state index in [1.54, 1.807) is 6.07 Å². The van der Waals surface area contributed by atoms with Crippen molar-refractivity contribution >= 4 is 5.78 Å². The van der Waals surface area contributed by atoms with E-state index >= 15 is 0 Å². The van der Waals surface area contributed by atoms with Crippen LogP contribution in [0.2, 0.25) is 0 Å². The first kappa shape index (κ1) is 10.5. The van der Waals surface area contributed by atoms with Gasteiger partial charge in [-0.05, 0) is 24.3 Å². The number of ketones is 1. The van der Waals surface area contributed by atoms with Gasteiger partial charge in [-0.25, -0.2) is 8.78 Å². The third-order valence-corrected chi connectivity index (χ3v) is 2.20. The molecule has 4 heteroatoms. The van der Waals surface area contributed by atoms with Gasteiger partial charge in [-0.2, -0.15) is 0 Å². The summed E-state index contributed by atoms with van der Waals surface area (Å²) < 4.78 is 31.3. The zero-order chi connectivity index (χ0) is 11.5. The number of hydrogen-bond acceptors (Lipinski definition) is 2. The maximum Gasteiger partial charge on any atom is 0.202 e. The highest BCUT2D eigenvalue weighted by Crippen LogP contribution is 2.15. The molecular formula is C12H8F2O2. The maximum atomic E-state index is 13.2. The smallest absolute Gasteiger partial charge is 0.202 e. The molecule has 82 valence electrons. The first-order valence-corrected chi connectivity index (χ1v) is 4.68. The van der Waals surface area contributed by atoms with Gasteiger partial charge in [0.05, 0.1) is 6.26 Å². The number of furan rings is 1. The third kappa shape index (κ3) is 2.00. The molecule has 0 bridgehead atoms. The highest BCUT2D eigenvalue weighted by atomic mass is 19.1. The molecule has 0 amide bonds. The van der Waals surface area contributed by atoms with Gasteiger partial charge >= 0.3 is 0 Å². The number of Topliss-reactive ketones (excluding diaryl/α,β-unsaturated/α-hetero) is 1.